The number of nitrogens with zero attached hydrogens (tertiary/aromatic N) is 1. The average molecular weight is 298 g/mol. The van der Waals surface area contributed by atoms with E-state index >= 15 is 0 Å². The highest BCUT2D eigenvalue weighted by molar-refractivity contribution is 9.10. The number of hydrogen-bond donors (Lipinski definition) is 0. The smallest absolute Gasteiger partial charge is 0.254 e. The maximum atomic E-state index is 12.3. The van der Waals surface area contributed by atoms with Crippen LogP contribution in [0.15, 0.2) is 22.7 Å². The maximum absolute atomic E-state index is 12.3. The second-order valence-corrected chi connectivity index (χ2v) is 5.58. The molecule has 17 heavy (non-hydrogen) atoms. The van der Waals surface area contributed by atoms with Crippen LogP contribution in [-0.4, -0.2) is 23.9 Å². The first-order valence-corrected chi connectivity index (χ1v) is 6.80. The normalized spacial score (nSPS) is 10.7. The molecule has 0 bridgehead atoms. The van der Waals surface area contributed by atoms with Crippen LogP contribution in [0, 0.1) is 12.8 Å². The molecular weight excluding hydrogens is 278 g/mol. The van der Waals surface area contributed by atoms with Crippen LogP contribution in [0.2, 0.25) is 0 Å². The summed E-state index contributed by atoms with van der Waals surface area (Å²) in [7, 11) is 0. The molecule has 1 aromatic rings. The first-order chi connectivity index (χ1) is 7.95. The maximum Gasteiger partial charge on any atom is 0.254 e. The number of halogens is 1. The molecule has 0 saturated carbocycles. The molecule has 0 aliphatic rings. The summed E-state index contributed by atoms with van der Waals surface area (Å²) in [6.07, 6.45) is 0. The zero-order valence-corrected chi connectivity index (χ0v) is 12.5. The Labute approximate surface area is 112 Å². The summed E-state index contributed by atoms with van der Waals surface area (Å²) in [5.41, 5.74) is 1.90. The number of aryl methyl sites for hydroxylation is 1. The van der Waals surface area contributed by atoms with Gasteiger partial charge in [0.2, 0.25) is 0 Å². The Kier molecular flexibility index (Phi) is 5.19. The predicted octanol–water partition coefficient (Wildman–Crippen LogP) is 3.88. The van der Waals surface area contributed by atoms with Crippen molar-refractivity contribution in [2.75, 3.05) is 13.1 Å². The minimum absolute atomic E-state index is 0.105. The van der Waals surface area contributed by atoms with Crippen LogP contribution in [0.4, 0.5) is 0 Å². The lowest BCUT2D eigenvalue weighted by atomic mass is 10.1. The Hall–Kier alpha value is -0.830. The van der Waals surface area contributed by atoms with Gasteiger partial charge in [-0.1, -0.05) is 19.9 Å². The lowest BCUT2D eigenvalue weighted by Crippen LogP contribution is -2.34. The standard InChI is InChI=1S/C14H20BrNO/c1-5-16(9-10(2)3)14(17)12-7-6-11(4)8-13(12)15/h6-8,10H,5,9H2,1-4H3. The summed E-state index contributed by atoms with van der Waals surface area (Å²) in [6, 6.07) is 5.85. The summed E-state index contributed by atoms with van der Waals surface area (Å²) < 4.78 is 0.879. The second-order valence-electron chi connectivity index (χ2n) is 4.72. The molecule has 1 rings (SSSR count). The van der Waals surface area contributed by atoms with Crippen LogP contribution in [0.1, 0.15) is 36.7 Å². The van der Waals surface area contributed by atoms with E-state index in [1.165, 1.54) is 0 Å². The second kappa shape index (κ2) is 6.20. The van der Waals surface area contributed by atoms with Crippen molar-refractivity contribution in [3.63, 3.8) is 0 Å². The first-order valence-electron chi connectivity index (χ1n) is 6.01. The van der Waals surface area contributed by atoms with Crippen LogP contribution in [0.25, 0.3) is 0 Å². The van der Waals surface area contributed by atoms with Gasteiger partial charge >= 0.3 is 0 Å². The van der Waals surface area contributed by atoms with Crippen molar-refractivity contribution in [3.8, 4) is 0 Å². The zero-order valence-electron chi connectivity index (χ0n) is 11.0. The molecule has 0 aliphatic carbocycles. The van der Waals surface area contributed by atoms with Gasteiger partial charge in [0.15, 0.2) is 0 Å². The van der Waals surface area contributed by atoms with E-state index in [9.17, 15) is 4.79 Å². The summed E-state index contributed by atoms with van der Waals surface area (Å²) >= 11 is 3.46. The third-order valence-corrected chi connectivity index (χ3v) is 3.27. The van der Waals surface area contributed by atoms with Crippen molar-refractivity contribution < 1.29 is 4.79 Å². The molecular formula is C14H20BrNO. The number of carbonyl (C=O) groups is 1. The van der Waals surface area contributed by atoms with Crippen LogP contribution in [0.5, 0.6) is 0 Å². The van der Waals surface area contributed by atoms with Crippen molar-refractivity contribution >= 4 is 21.8 Å². The highest BCUT2D eigenvalue weighted by Gasteiger charge is 2.17. The molecule has 0 N–H and O–H groups in total. The van der Waals surface area contributed by atoms with E-state index in [2.05, 4.69) is 29.8 Å². The molecule has 0 aliphatic heterocycles. The highest BCUT2D eigenvalue weighted by atomic mass is 79.9. The van der Waals surface area contributed by atoms with Gasteiger partial charge in [0.05, 0.1) is 5.56 Å². The fourth-order valence-corrected chi connectivity index (χ4v) is 2.42. The minimum Gasteiger partial charge on any atom is -0.339 e. The molecule has 0 atom stereocenters. The van der Waals surface area contributed by atoms with Gasteiger partial charge in [-0.05, 0) is 53.4 Å². The molecule has 2 nitrogen and oxygen atoms in total. The fourth-order valence-electron chi connectivity index (χ4n) is 1.76. The minimum atomic E-state index is 0.105. The molecule has 0 fully saturated rings. The SMILES string of the molecule is CCN(CC(C)C)C(=O)c1ccc(C)cc1Br. The van der Waals surface area contributed by atoms with Gasteiger partial charge in [-0.2, -0.15) is 0 Å². The molecule has 0 heterocycles. The topological polar surface area (TPSA) is 20.3 Å². The number of benzene rings is 1. The van der Waals surface area contributed by atoms with Gasteiger partial charge in [0, 0.05) is 17.6 Å². The van der Waals surface area contributed by atoms with E-state index in [0.29, 0.717) is 5.92 Å². The quantitative estimate of drug-likeness (QED) is 0.826. The van der Waals surface area contributed by atoms with Crippen molar-refractivity contribution in [2.45, 2.75) is 27.7 Å². The Morgan fingerprint density at radius 3 is 2.53 bits per heavy atom. The van der Waals surface area contributed by atoms with Crippen LogP contribution in [0.3, 0.4) is 0 Å². The van der Waals surface area contributed by atoms with Gasteiger partial charge in [-0.3, -0.25) is 4.79 Å². The summed E-state index contributed by atoms with van der Waals surface area (Å²) in [4.78, 5) is 14.2. The Bertz CT molecular complexity index is 401. The number of carbonyl (C=O) groups excluding carboxylic acids is 1. The monoisotopic (exact) mass is 297 g/mol. The third kappa shape index (κ3) is 3.84. The zero-order chi connectivity index (χ0) is 13.0. The molecule has 0 unspecified atom stereocenters. The molecule has 1 amide bonds. The predicted molar refractivity (Wildman–Crippen MR) is 75.3 cm³/mol. The lowest BCUT2D eigenvalue weighted by molar-refractivity contribution is 0.0745. The third-order valence-electron chi connectivity index (χ3n) is 2.61. The molecule has 0 aromatic heterocycles. The number of rotatable bonds is 4. The van der Waals surface area contributed by atoms with Crippen molar-refractivity contribution in [1.82, 2.24) is 4.90 Å². The summed E-state index contributed by atoms with van der Waals surface area (Å²) in [5.74, 6) is 0.594. The van der Waals surface area contributed by atoms with E-state index in [1.54, 1.807) is 0 Å². The highest BCUT2D eigenvalue weighted by Crippen LogP contribution is 2.20. The molecule has 3 heteroatoms. The van der Waals surface area contributed by atoms with E-state index in [4.69, 9.17) is 0 Å². The van der Waals surface area contributed by atoms with Gasteiger partial charge in [-0.15, -0.1) is 0 Å². The van der Waals surface area contributed by atoms with Gasteiger partial charge in [-0.25, -0.2) is 0 Å². The average Bonchev–Trinajstić information content (AvgIpc) is 2.24. The molecule has 0 saturated heterocycles. The first kappa shape index (κ1) is 14.2. The van der Waals surface area contributed by atoms with Crippen LogP contribution >= 0.6 is 15.9 Å². The van der Waals surface area contributed by atoms with Crippen LogP contribution < -0.4 is 0 Å². The Morgan fingerprint density at radius 2 is 2.06 bits per heavy atom. The van der Waals surface area contributed by atoms with Gasteiger partial charge < -0.3 is 4.90 Å². The number of hydrogen-bond acceptors (Lipinski definition) is 1. The Morgan fingerprint density at radius 1 is 1.41 bits per heavy atom. The summed E-state index contributed by atoms with van der Waals surface area (Å²) in [5, 5.41) is 0. The largest absolute Gasteiger partial charge is 0.339 e. The lowest BCUT2D eigenvalue weighted by Gasteiger charge is -2.23. The molecule has 94 valence electrons. The molecule has 0 radical (unpaired) electrons. The fraction of sp³-hybridized carbons (Fsp3) is 0.500. The van der Waals surface area contributed by atoms with E-state index in [0.717, 1.165) is 28.7 Å². The van der Waals surface area contributed by atoms with E-state index in [1.807, 2.05) is 36.9 Å². The number of amides is 1. The molecule has 0 spiro atoms. The van der Waals surface area contributed by atoms with Crippen molar-refractivity contribution in [2.24, 2.45) is 5.92 Å². The van der Waals surface area contributed by atoms with Crippen molar-refractivity contribution in [3.05, 3.63) is 33.8 Å². The van der Waals surface area contributed by atoms with Gasteiger partial charge in [0.25, 0.3) is 5.91 Å². The van der Waals surface area contributed by atoms with Crippen molar-refractivity contribution in [1.29, 1.82) is 0 Å². The molecule has 1 aromatic carbocycles. The van der Waals surface area contributed by atoms with Crippen LogP contribution in [-0.2, 0) is 0 Å². The van der Waals surface area contributed by atoms with Gasteiger partial charge in [0.1, 0.15) is 0 Å². The van der Waals surface area contributed by atoms with E-state index < -0.39 is 0 Å². The summed E-state index contributed by atoms with van der Waals surface area (Å²) in [6.45, 7) is 9.83. The van der Waals surface area contributed by atoms with E-state index in [-0.39, 0.29) is 5.91 Å². The Balaban J connectivity index is 2.93.